The SMILES string of the molecule is Cc1ccc(C(C)C)c(OCC(=O)NCc2cccc(OCCN(C)C)c2)c1. The van der Waals surface area contributed by atoms with Gasteiger partial charge in [0.1, 0.15) is 18.1 Å². The molecule has 152 valence electrons. The molecule has 0 radical (unpaired) electrons. The Morgan fingerprint density at radius 3 is 2.61 bits per heavy atom. The molecule has 0 unspecified atom stereocenters. The van der Waals surface area contributed by atoms with Crippen LogP contribution in [0.4, 0.5) is 0 Å². The standard InChI is InChI=1S/C23H32N2O3/c1-17(2)21-10-9-18(3)13-22(21)28-16-23(26)24-15-19-7-6-8-20(14-19)27-12-11-25(4)5/h6-10,13-14,17H,11-12,15-16H2,1-5H3,(H,24,26). The molecule has 2 rings (SSSR count). The number of rotatable bonds is 10. The van der Waals surface area contributed by atoms with Gasteiger partial charge >= 0.3 is 0 Å². The molecule has 0 aliphatic carbocycles. The molecule has 0 spiro atoms. The highest BCUT2D eigenvalue weighted by Crippen LogP contribution is 2.27. The molecule has 0 aliphatic rings. The summed E-state index contributed by atoms with van der Waals surface area (Å²) in [5.74, 6) is 1.79. The van der Waals surface area contributed by atoms with Gasteiger partial charge in [-0.15, -0.1) is 0 Å². The third kappa shape index (κ3) is 7.24. The lowest BCUT2D eigenvalue weighted by Gasteiger charge is -2.15. The van der Waals surface area contributed by atoms with Gasteiger partial charge in [0.2, 0.25) is 0 Å². The largest absolute Gasteiger partial charge is 0.492 e. The average molecular weight is 385 g/mol. The van der Waals surface area contributed by atoms with Crippen LogP contribution >= 0.6 is 0 Å². The molecule has 1 N–H and O–H groups in total. The van der Waals surface area contributed by atoms with Gasteiger partial charge in [0, 0.05) is 13.1 Å². The van der Waals surface area contributed by atoms with Crippen molar-refractivity contribution in [3.63, 3.8) is 0 Å². The fourth-order valence-electron chi connectivity index (χ4n) is 2.73. The second-order valence-corrected chi connectivity index (χ2v) is 7.56. The van der Waals surface area contributed by atoms with Crippen molar-refractivity contribution >= 4 is 5.91 Å². The first-order valence-electron chi connectivity index (χ1n) is 9.71. The zero-order valence-electron chi connectivity index (χ0n) is 17.6. The smallest absolute Gasteiger partial charge is 0.258 e. The van der Waals surface area contributed by atoms with E-state index in [4.69, 9.17) is 9.47 Å². The summed E-state index contributed by atoms with van der Waals surface area (Å²) in [4.78, 5) is 14.3. The van der Waals surface area contributed by atoms with Crippen molar-refractivity contribution in [2.75, 3.05) is 33.9 Å². The van der Waals surface area contributed by atoms with Gasteiger partial charge in [-0.1, -0.05) is 38.1 Å². The van der Waals surface area contributed by atoms with Gasteiger partial charge in [-0.05, 0) is 61.8 Å². The zero-order valence-corrected chi connectivity index (χ0v) is 17.6. The quantitative estimate of drug-likeness (QED) is 0.678. The first kappa shape index (κ1) is 21.8. The summed E-state index contributed by atoms with van der Waals surface area (Å²) >= 11 is 0. The number of aryl methyl sites for hydroxylation is 1. The van der Waals surface area contributed by atoms with E-state index in [-0.39, 0.29) is 12.5 Å². The minimum Gasteiger partial charge on any atom is -0.492 e. The van der Waals surface area contributed by atoms with Crippen LogP contribution in [-0.4, -0.2) is 44.7 Å². The number of nitrogens with one attached hydrogen (secondary N) is 1. The van der Waals surface area contributed by atoms with Crippen molar-refractivity contribution in [2.24, 2.45) is 0 Å². The van der Waals surface area contributed by atoms with Crippen LogP contribution in [-0.2, 0) is 11.3 Å². The van der Waals surface area contributed by atoms with E-state index in [0.717, 1.165) is 34.7 Å². The minimum atomic E-state index is -0.143. The van der Waals surface area contributed by atoms with E-state index in [2.05, 4.69) is 36.2 Å². The van der Waals surface area contributed by atoms with E-state index in [0.29, 0.717) is 19.1 Å². The molecule has 0 bridgehead atoms. The van der Waals surface area contributed by atoms with Crippen LogP contribution in [0.25, 0.3) is 0 Å². The van der Waals surface area contributed by atoms with Crippen LogP contribution in [0.2, 0.25) is 0 Å². The van der Waals surface area contributed by atoms with E-state index in [9.17, 15) is 4.79 Å². The molecule has 0 saturated carbocycles. The van der Waals surface area contributed by atoms with E-state index in [1.165, 1.54) is 0 Å². The molecule has 0 atom stereocenters. The van der Waals surface area contributed by atoms with Crippen molar-refractivity contribution in [3.05, 3.63) is 59.2 Å². The molecule has 0 aliphatic heterocycles. The fourth-order valence-corrected chi connectivity index (χ4v) is 2.73. The van der Waals surface area contributed by atoms with Gasteiger partial charge in [0.05, 0.1) is 0 Å². The molecule has 0 saturated heterocycles. The van der Waals surface area contributed by atoms with E-state index in [1.807, 2.05) is 51.4 Å². The van der Waals surface area contributed by atoms with Gasteiger partial charge in [0.25, 0.3) is 5.91 Å². The summed E-state index contributed by atoms with van der Waals surface area (Å²) in [5, 5.41) is 2.91. The number of amides is 1. The first-order chi connectivity index (χ1) is 13.3. The monoisotopic (exact) mass is 384 g/mol. The van der Waals surface area contributed by atoms with Crippen LogP contribution in [0.5, 0.6) is 11.5 Å². The second-order valence-electron chi connectivity index (χ2n) is 7.56. The molecule has 5 heteroatoms. The van der Waals surface area contributed by atoms with Crippen LogP contribution in [0, 0.1) is 6.92 Å². The lowest BCUT2D eigenvalue weighted by molar-refractivity contribution is -0.123. The Labute approximate surface area is 168 Å². The molecule has 0 fully saturated rings. The summed E-state index contributed by atoms with van der Waals surface area (Å²) in [6.45, 7) is 8.18. The summed E-state index contributed by atoms with van der Waals surface area (Å²) in [5.41, 5.74) is 3.22. The normalized spacial score (nSPS) is 11.0. The Morgan fingerprint density at radius 1 is 1.11 bits per heavy atom. The number of hydrogen-bond donors (Lipinski definition) is 1. The molecule has 2 aromatic rings. The Balaban J connectivity index is 1.84. The van der Waals surface area contributed by atoms with Crippen molar-refractivity contribution in [3.8, 4) is 11.5 Å². The maximum absolute atomic E-state index is 12.2. The highest BCUT2D eigenvalue weighted by atomic mass is 16.5. The van der Waals surface area contributed by atoms with Crippen LogP contribution in [0.1, 0.15) is 36.5 Å². The molecule has 5 nitrogen and oxygen atoms in total. The third-order valence-electron chi connectivity index (χ3n) is 4.35. The number of likely N-dealkylation sites (N-methyl/N-ethyl adjacent to an activating group) is 1. The molecule has 2 aromatic carbocycles. The maximum Gasteiger partial charge on any atom is 0.258 e. The Hall–Kier alpha value is -2.53. The Bertz CT molecular complexity index is 772. The van der Waals surface area contributed by atoms with Crippen LogP contribution in [0.3, 0.4) is 0 Å². The summed E-state index contributed by atoms with van der Waals surface area (Å²) in [6, 6.07) is 13.9. The predicted octanol–water partition coefficient (Wildman–Crippen LogP) is 3.75. The third-order valence-corrected chi connectivity index (χ3v) is 4.35. The van der Waals surface area contributed by atoms with Crippen molar-refractivity contribution in [2.45, 2.75) is 33.2 Å². The summed E-state index contributed by atoms with van der Waals surface area (Å²) in [7, 11) is 4.02. The lowest BCUT2D eigenvalue weighted by atomic mass is 10.0. The Morgan fingerprint density at radius 2 is 1.89 bits per heavy atom. The fraction of sp³-hybridized carbons (Fsp3) is 0.435. The number of ether oxygens (including phenoxy) is 2. The van der Waals surface area contributed by atoms with Crippen molar-refractivity contribution in [1.29, 1.82) is 0 Å². The zero-order chi connectivity index (χ0) is 20.5. The van der Waals surface area contributed by atoms with Gasteiger partial charge in [-0.25, -0.2) is 0 Å². The number of nitrogens with zero attached hydrogens (tertiary/aromatic N) is 1. The highest BCUT2D eigenvalue weighted by Gasteiger charge is 2.10. The first-order valence-corrected chi connectivity index (χ1v) is 9.71. The van der Waals surface area contributed by atoms with Crippen LogP contribution < -0.4 is 14.8 Å². The molecular formula is C23H32N2O3. The van der Waals surface area contributed by atoms with Gasteiger partial charge in [-0.2, -0.15) is 0 Å². The van der Waals surface area contributed by atoms with Gasteiger partial charge in [0.15, 0.2) is 6.61 Å². The molecule has 1 amide bonds. The topological polar surface area (TPSA) is 50.8 Å². The maximum atomic E-state index is 12.2. The van der Waals surface area contributed by atoms with E-state index < -0.39 is 0 Å². The molecule has 0 aromatic heterocycles. The van der Waals surface area contributed by atoms with E-state index >= 15 is 0 Å². The lowest BCUT2D eigenvalue weighted by Crippen LogP contribution is -2.28. The van der Waals surface area contributed by atoms with Gasteiger partial charge < -0.3 is 19.7 Å². The molecular weight excluding hydrogens is 352 g/mol. The molecule has 28 heavy (non-hydrogen) atoms. The van der Waals surface area contributed by atoms with Crippen LogP contribution in [0.15, 0.2) is 42.5 Å². The number of benzene rings is 2. The summed E-state index contributed by atoms with van der Waals surface area (Å²) < 4.78 is 11.5. The Kier molecular flexibility index (Phi) is 8.33. The number of hydrogen-bond acceptors (Lipinski definition) is 4. The minimum absolute atomic E-state index is 0.00218. The molecule has 0 heterocycles. The second kappa shape index (κ2) is 10.7. The van der Waals surface area contributed by atoms with E-state index in [1.54, 1.807) is 0 Å². The number of carbonyl (C=O) groups excluding carboxylic acids is 1. The average Bonchev–Trinajstić information content (AvgIpc) is 2.64. The number of carbonyl (C=O) groups is 1. The van der Waals surface area contributed by atoms with Gasteiger partial charge in [-0.3, -0.25) is 4.79 Å². The van der Waals surface area contributed by atoms with Crippen molar-refractivity contribution < 1.29 is 14.3 Å². The van der Waals surface area contributed by atoms with Crippen molar-refractivity contribution in [1.82, 2.24) is 10.2 Å². The highest BCUT2D eigenvalue weighted by molar-refractivity contribution is 5.77. The summed E-state index contributed by atoms with van der Waals surface area (Å²) in [6.07, 6.45) is 0. The predicted molar refractivity (Wildman–Crippen MR) is 113 cm³/mol.